The lowest BCUT2D eigenvalue weighted by Gasteiger charge is -2.18. The fraction of sp³-hybridized carbons (Fsp3) is 0.600. The molecule has 0 heterocycles. The molecule has 0 spiro atoms. The summed E-state index contributed by atoms with van der Waals surface area (Å²) >= 11 is 0. The Balaban J connectivity index is 2.35. The van der Waals surface area contributed by atoms with Gasteiger partial charge in [-0.2, -0.15) is 0 Å². The fourth-order valence-corrected chi connectivity index (χ4v) is 3.46. The molecule has 0 aliphatic heterocycles. The molecular weight excluding hydrogens is 259 g/mol. The summed E-state index contributed by atoms with van der Waals surface area (Å²) in [6, 6.07) is 9.31. The first kappa shape index (κ1) is 16.4. The molecule has 0 aromatic heterocycles. The van der Waals surface area contributed by atoms with E-state index >= 15 is 0 Å². The summed E-state index contributed by atoms with van der Waals surface area (Å²) in [5.41, 5.74) is 0.839. The van der Waals surface area contributed by atoms with Gasteiger partial charge >= 0.3 is 7.60 Å². The van der Waals surface area contributed by atoms with Gasteiger partial charge in [-0.25, -0.2) is 0 Å². The normalized spacial score (nSPS) is 15.9. The molecule has 2 unspecified atom stereocenters. The third kappa shape index (κ3) is 7.51. The van der Waals surface area contributed by atoms with Crippen molar-refractivity contribution in [3.05, 3.63) is 35.9 Å². The molecule has 1 aromatic carbocycles. The van der Waals surface area contributed by atoms with Gasteiger partial charge in [0.2, 0.25) is 0 Å². The van der Waals surface area contributed by atoms with E-state index in [9.17, 15) is 9.46 Å². The Hall–Kier alpha value is -0.630. The quantitative estimate of drug-likeness (QED) is 0.526. The Morgan fingerprint density at radius 2 is 1.89 bits per heavy atom. The van der Waals surface area contributed by atoms with E-state index in [1.807, 2.05) is 37.3 Å². The third-order valence-corrected chi connectivity index (χ3v) is 4.49. The second-order valence-electron chi connectivity index (χ2n) is 5.05. The zero-order valence-corrected chi connectivity index (χ0v) is 12.8. The number of hydrogen-bond acceptors (Lipinski definition) is 2. The van der Waals surface area contributed by atoms with Crippen LogP contribution in [0.5, 0.6) is 0 Å². The lowest BCUT2D eigenvalue weighted by Crippen LogP contribution is -2.07. The zero-order valence-electron chi connectivity index (χ0n) is 11.9. The van der Waals surface area contributed by atoms with Crippen molar-refractivity contribution >= 4 is 7.60 Å². The summed E-state index contributed by atoms with van der Waals surface area (Å²) in [5.74, 6) is 0. The maximum atomic E-state index is 12.0. The van der Waals surface area contributed by atoms with Crippen LogP contribution >= 0.6 is 7.60 Å². The molecule has 1 aromatic rings. The highest BCUT2D eigenvalue weighted by Crippen LogP contribution is 2.47. The molecule has 4 heteroatoms. The second-order valence-corrected chi connectivity index (χ2v) is 6.85. The average Bonchev–Trinajstić information content (AvgIpc) is 2.34. The van der Waals surface area contributed by atoms with E-state index in [0.717, 1.165) is 18.4 Å². The predicted molar refractivity (Wildman–Crippen MR) is 79.3 cm³/mol. The minimum Gasteiger partial charge on any atom is -0.324 e. The molecule has 1 N–H and O–H groups in total. The van der Waals surface area contributed by atoms with Crippen molar-refractivity contribution in [3.63, 3.8) is 0 Å². The van der Waals surface area contributed by atoms with Crippen molar-refractivity contribution in [2.24, 2.45) is 0 Å². The first-order chi connectivity index (χ1) is 9.03. The summed E-state index contributed by atoms with van der Waals surface area (Å²) in [5, 5.41) is 0. The van der Waals surface area contributed by atoms with Crippen LogP contribution in [-0.4, -0.2) is 11.0 Å². The van der Waals surface area contributed by atoms with Crippen molar-refractivity contribution in [3.8, 4) is 0 Å². The number of unbranched alkanes of at least 4 members (excludes halogenated alkanes) is 3. The minimum atomic E-state index is -3.53. The standard InChI is InChI=1S/C15H25O3P/c1-3-4-5-7-10-14(2)18-19(16,17)13-15-11-8-6-9-12-15/h6,8-9,11-12,14H,3-5,7,10,13H2,1-2H3,(H,16,17). The van der Waals surface area contributed by atoms with E-state index in [0.29, 0.717) is 0 Å². The summed E-state index contributed by atoms with van der Waals surface area (Å²) in [6.45, 7) is 4.04. The zero-order chi connectivity index (χ0) is 14.1. The number of benzene rings is 1. The SMILES string of the molecule is CCCCCCC(C)OP(=O)(O)Cc1ccccc1. The highest BCUT2D eigenvalue weighted by atomic mass is 31.2. The summed E-state index contributed by atoms with van der Waals surface area (Å²) in [4.78, 5) is 9.87. The van der Waals surface area contributed by atoms with E-state index in [4.69, 9.17) is 4.52 Å². The minimum absolute atomic E-state index is 0.0904. The lowest BCUT2D eigenvalue weighted by atomic mass is 10.1. The van der Waals surface area contributed by atoms with Gasteiger partial charge in [0.1, 0.15) is 0 Å². The van der Waals surface area contributed by atoms with Crippen LogP contribution < -0.4 is 0 Å². The van der Waals surface area contributed by atoms with Crippen molar-refractivity contribution in [2.45, 2.75) is 58.2 Å². The molecular formula is C15H25O3P. The first-order valence-corrected chi connectivity index (χ1v) is 8.84. The lowest BCUT2D eigenvalue weighted by molar-refractivity contribution is 0.176. The molecule has 0 aliphatic carbocycles. The highest BCUT2D eigenvalue weighted by molar-refractivity contribution is 7.51. The van der Waals surface area contributed by atoms with Gasteiger partial charge in [-0.1, -0.05) is 62.9 Å². The van der Waals surface area contributed by atoms with Gasteiger partial charge in [0.05, 0.1) is 12.3 Å². The smallest absolute Gasteiger partial charge is 0.324 e. The summed E-state index contributed by atoms with van der Waals surface area (Å²) < 4.78 is 17.3. The van der Waals surface area contributed by atoms with Crippen LogP contribution in [-0.2, 0) is 15.3 Å². The number of rotatable bonds is 9. The van der Waals surface area contributed by atoms with E-state index in [-0.39, 0.29) is 12.3 Å². The molecule has 0 amide bonds. The van der Waals surface area contributed by atoms with Crippen molar-refractivity contribution < 1.29 is 14.0 Å². The Morgan fingerprint density at radius 1 is 1.21 bits per heavy atom. The van der Waals surface area contributed by atoms with E-state index in [1.165, 1.54) is 19.3 Å². The molecule has 19 heavy (non-hydrogen) atoms. The van der Waals surface area contributed by atoms with Crippen molar-refractivity contribution in [1.82, 2.24) is 0 Å². The van der Waals surface area contributed by atoms with Gasteiger partial charge in [-0.3, -0.25) is 4.57 Å². The van der Waals surface area contributed by atoms with Gasteiger partial charge in [0, 0.05) is 0 Å². The monoisotopic (exact) mass is 284 g/mol. The molecule has 2 atom stereocenters. The Morgan fingerprint density at radius 3 is 2.53 bits per heavy atom. The van der Waals surface area contributed by atoms with E-state index in [2.05, 4.69) is 6.92 Å². The third-order valence-electron chi connectivity index (χ3n) is 3.03. The molecule has 0 radical (unpaired) electrons. The molecule has 3 nitrogen and oxygen atoms in total. The fourth-order valence-electron chi connectivity index (χ4n) is 2.04. The predicted octanol–water partition coefficient (Wildman–Crippen LogP) is 4.75. The Labute approximate surface area is 116 Å². The molecule has 0 saturated carbocycles. The van der Waals surface area contributed by atoms with Crippen LogP contribution in [0, 0.1) is 0 Å². The second kappa shape index (κ2) is 8.52. The van der Waals surface area contributed by atoms with Gasteiger partial charge < -0.3 is 9.42 Å². The van der Waals surface area contributed by atoms with Crippen LogP contribution in [0.4, 0.5) is 0 Å². The topological polar surface area (TPSA) is 46.5 Å². The van der Waals surface area contributed by atoms with Crippen LogP contribution in [0.3, 0.4) is 0 Å². The van der Waals surface area contributed by atoms with Crippen LogP contribution in [0.25, 0.3) is 0 Å². The van der Waals surface area contributed by atoms with Crippen LogP contribution in [0.1, 0.15) is 51.5 Å². The maximum Gasteiger partial charge on any atom is 0.332 e. The van der Waals surface area contributed by atoms with Gasteiger partial charge in [0.25, 0.3) is 0 Å². The van der Waals surface area contributed by atoms with Crippen molar-refractivity contribution in [1.29, 1.82) is 0 Å². The molecule has 108 valence electrons. The highest BCUT2D eigenvalue weighted by Gasteiger charge is 2.22. The van der Waals surface area contributed by atoms with E-state index < -0.39 is 7.60 Å². The van der Waals surface area contributed by atoms with Gasteiger partial charge in [-0.15, -0.1) is 0 Å². The Bertz CT molecular complexity index is 392. The molecule has 0 bridgehead atoms. The molecule has 0 aliphatic rings. The van der Waals surface area contributed by atoms with Gasteiger partial charge in [0.15, 0.2) is 0 Å². The van der Waals surface area contributed by atoms with Crippen LogP contribution in [0.15, 0.2) is 30.3 Å². The van der Waals surface area contributed by atoms with Gasteiger partial charge in [-0.05, 0) is 18.9 Å². The van der Waals surface area contributed by atoms with Crippen LogP contribution in [0.2, 0.25) is 0 Å². The average molecular weight is 284 g/mol. The summed E-state index contributed by atoms with van der Waals surface area (Å²) in [7, 11) is -3.53. The first-order valence-electron chi connectivity index (χ1n) is 7.07. The largest absolute Gasteiger partial charge is 0.332 e. The molecule has 0 saturated heterocycles. The van der Waals surface area contributed by atoms with Crippen molar-refractivity contribution in [2.75, 3.05) is 0 Å². The Kier molecular flexibility index (Phi) is 7.37. The number of hydrogen-bond donors (Lipinski definition) is 1. The maximum absolute atomic E-state index is 12.0. The molecule has 1 rings (SSSR count). The van der Waals surface area contributed by atoms with E-state index in [1.54, 1.807) is 0 Å². The summed E-state index contributed by atoms with van der Waals surface area (Å²) in [6.07, 6.45) is 5.41. The molecule has 0 fully saturated rings.